The molecule has 122 valence electrons. The summed E-state index contributed by atoms with van der Waals surface area (Å²) >= 11 is 6.07. The maximum atomic E-state index is 12.5. The van der Waals surface area contributed by atoms with Crippen LogP contribution in [0.25, 0.3) is 5.57 Å². The number of halogens is 1. The number of imide groups is 1. The molecule has 1 aromatic rings. The SMILES string of the molecule is CC(C)(C)OC(=O)N1C(=O)CC=C2c3ccc(Cl)cc3CCC21. The molecule has 0 radical (unpaired) electrons. The lowest BCUT2D eigenvalue weighted by Gasteiger charge is -2.39. The molecule has 0 aromatic heterocycles. The molecule has 2 amide bonds. The summed E-state index contributed by atoms with van der Waals surface area (Å²) in [5, 5.41) is 0.707. The van der Waals surface area contributed by atoms with Gasteiger partial charge in [0.15, 0.2) is 0 Å². The highest BCUT2D eigenvalue weighted by molar-refractivity contribution is 6.30. The van der Waals surface area contributed by atoms with Crippen LogP contribution in [0.5, 0.6) is 0 Å². The van der Waals surface area contributed by atoms with Crippen LogP contribution in [0.2, 0.25) is 5.02 Å². The van der Waals surface area contributed by atoms with Crippen LogP contribution in [0, 0.1) is 0 Å². The van der Waals surface area contributed by atoms with Gasteiger partial charge in [-0.15, -0.1) is 0 Å². The van der Waals surface area contributed by atoms with E-state index < -0.39 is 11.7 Å². The molecule has 23 heavy (non-hydrogen) atoms. The lowest BCUT2D eigenvalue weighted by Crippen LogP contribution is -2.50. The van der Waals surface area contributed by atoms with Gasteiger partial charge in [-0.3, -0.25) is 4.79 Å². The molecule has 4 nitrogen and oxygen atoms in total. The van der Waals surface area contributed by atoms with E-state index in [4.69, 9.17) is 16.3 Å². The maximum Gasteiger partial charge on any atom is 0.417 e. The van der Waals surface area contributed by atoms with E-state index in [2.05, 4.69) is 0 Å². The second-order valence-corrected chi connectivity index (χ2v) is 7.40. The molecule has 0 bridgehead atoms. The zero-order chi connectivity index (χ0) is 16.8. The summed E-state index contributed by atoms with van der Waals surface area (Å²) in [4.78, 5) is 26.1. The fourth-order valence-electron chi connectivity index (χ4n) is 3.20. The number of ether oxygens (including phenoxy) is 1. The van der Waals surface area contributed by atoms with Crippen molar-refractivity contribution in [3.05, 3.63) is 40.4 Å². The first-order valence-corrected chi connectivity index (χ1v) is 8.18. The molecule has 1 atom stereocenters. The van der Waals surface area contributed by atoms with Gasteiger partial charge in [0.2, 0.25) is 5.91 Å². The second kappa shape index (κ2) is 5.68. The van der Waals surface area contributed by atoms with Crippen molar-refractivity contribution in [1.82, 2.24) is 4.90 Å². The minimum absolute atomic E-state index is 0.203. The highest BCUT2D eigenvalue weighted by Gasteiger charge is 2.40. The van der Waals surface area contributed by atoms with Gasteiger partial charge in [0, 0.05) is 11.4 Å². The van der Waals surface area contributed by atoms with Crippen LogP contribution in [0.3, 0.4) is 0 Å². The molecule has 3 rings (SSSR count). The standard InChI is InChI=1S/C18H20ClNO3/c1-18(2,3)23-17(22)20-15-8-4-11-10-12(19)5-6-13(11)14(15)7-9-16(20)21/h5-7,10,15H,4,8-9H2,1-3H3. The molecule has 0 spiro atoms. The summed E-state index contributed by atoms with van der Waals surface area (Å²) in [6.07, 6.45) is 3.07. The topological polar surface area (TPSA) is 46.6 Å². The minimum Gasteiger partial charge on any atom is -0.443 e. The third-order valence-corrected chi connectivity index (χ3v) is 4.33. The maximum absolute atomic E-state index is 12.5. The van der Waals surface area contributed by atoms with Crippen LogP contribution in [0.1, 0.15) is 44.7 Å². The number of aryl methyl sites for hydroxylation is 1. The molecule has 2 aliphatic rings. The van der Waals surface area contributed by atoms with Crippen molar-refractivity contribution in [2.75, 3.05) is 0 Å². The summed E-state index contributed by atoms with van der Waals surface area (Å²) < 4.78 is 5.42. The Labute approximate surface area is 141 Å². The van der Waals surface area contributed by atoms with Gasteiger partial charge in [-0.1, -0.05) is 23.7 Å². The Hall–Kier alpha value is -1.81. The Morgan fingerprint density at radius 3 is 2.78 bits per heavy atom. The van der Waals surface area contributed by atoms with E-state index in [1.54, 1.807) is 20.8 Å². The van der Waals surface area contributed by atoms with Crippen LogP contribution >= 0.6 is 11.6 Å². The van der Waals surface area contributed by atoms with E-state index in [1.807, 2.05) is 24.3 Å². The van der Waals surface area contributed by atoms with Crippen LogP contribution in [0.15, 0.2) is 24.3 Å². The van der Waals surface area contributed by atoms with E-state index in [0.717, 1.165) is 17.6 Å². The van der Waals surface area contributed by atoms with Gasteiger partial charge in [0.1, 0.15) is 5.60 Å². The normalized spacial score (nSPS) is 20.5. The molecular weight excluding hydrogens is 314 g/mol. The van der Waals surface area contributed by atoms with Crippen molar-refractivity contribution in [3.63, 3.8) is 0 Å². The first-order chi connectivity index (χ1) is 10.8. The van der Waals surface area contributed by atoms with Crippen molar-refractivity contribution in [3.8, 4) is 0 Å². The summed E-state index contributed by atoms with van der Waals surface area (Å²) in [5.41, 5.74) is 2.64. The largest absolute Gasteiger partial charge is 0.443 e. The number of nitrogens with zero attached hydrogens (tertiary/aromatic N) is 1. The Bertz CT molecular complexity index is 703. The number of carbonyl (C=O) groups excluding carboxylic acids is 2. The lowest BCUT2D eigenvalue weighted by molar-refractivity contribution is -0.131. The van der Waals surface area contributed by atoms with Crippen molar-refractivity contribution in [1.29, 1.82) is 0 Å². The van der Waals surface area contributed by atoms with Crippen LogP contribution in [0.4, 0.5) is 4.79 Å². The van der Waals surface area contributed by atoms with E-state index >= 15 is 0 Å². The average Bonchev–Trinajstić information content (AvgIpc) is 2.44. The van der Waals surface area contributed by atoms with Gasteiger partial charge in [-0.05, 0) is 62.4 Å². The fraction of sp³-hybridized carbons (Fsp3) is 0.444. The third-order valence-electron chi connectivity index (χ3n) is 4.09. The molecule has 1 aromatic carbocycles. The Kier molecular flexibility index (Phi) is 3.96. The molecule has 1 heterocycles. The van der Waals surface area contributed by atoms with Crippen LogP contribution in [-0.2, 0) is 16.0 Å². The Morgan fingerprint density at radius 2 is 2.09 bits per heavy atom. The van der Waals surface area contributed by atoms with Gasteiger partial charge in [-0.2, -0.15) is 0 Å². The smallest absolute Gasteiger partial charge is 0.417 e. The van der Waals surface area contributed by atoms with Crippen LogP contribution < -0.4 is 0 Å². The summed E-state index contributed by atoms with van der Waals surface area (Å²) in [7, 11) is 0. The van der Waals surface area contributed by atoms with Gasteiger partial charge in [0.05, 0.1) is 6.04 Å². The first-order valence-electron chi connectivity index (χ1n) is 7.80. The highest BCUT2D eigenvalue weighted by atomic mass is 35.5. The van der Waals surface area contributed by atoms with E-state index in [-0.39, 0.29) is 18.4 Å². The monoisotopic (exact) mass is 333 g/mol. The molecule has 5 heteroatoms. The number of fused-ring (bicyclic) bond motifs is 3. The molecular formula is C18H20ClNO3. The molecule has 0 fully saturated rings. The average molecular weight is 334 g/mol. The molecule has 0 saturated carbocycles. The zero-order valence-electron chi connectivity index (χ0n) is 13.6. The lowest BCUT2D eigenvalue weighted by atomic mass is 9.81. The van der Waals surface area contributed by atoms with Gasteiger partial charge in [-0.25, -0.2) is 9.69 Å². The van der Waals surface area contributed by atoms with Gasteiger partial charge in [0.25, 0.3) is 0 Å². The van der Waals surface area contributed by atoms with Crippen LogP contribution in [-0.4, -0.2) is 28.5 Å². The molecule has 1 aliphatic heterocycles. The number of hydrogen-bond donors (Lipinski definition) is 0. The molecule has 0 N–H and O–H groups in total. The number of carbonyl (C=O) groups is 2. The second-order valence-electron chi connectivity index (χ2n) is 6.96. The summed E-state index contributed by atoms with van der Waals surface area (Å²) in [6, 6.07) is 5.53. The predicted octanol–water partition coefficient (Wildman–Crippen LogP) is 4.21. The van der Waals surface area contributed by atoms with E-state index in [9.17, 15) is 9.59 Å². The Balaban J connectivity index is 1.95. The van der Waals surface area contributed by atoms with E-state index in [1.165, 1.54) is 10.5 Å². The number of rotatable bonds is 0. The zero-order valence-corrected chi connectivity index (χ0v) is 14.3. The van der Waals surface area contributed by atoms with Gasteiger partial charge < -0.3 is 4.74 Å². The molecule has 0 saturated heterocycles. The van der Waals surface area contributed by atoms with Crippen molar-refractivity contribution in [2.24, 2.45) is 0 Å². The fourth-order valence-corrected chi connectivity index (χ4v) is 3.40. The minimum atomic E-state index is -0.626. The third kappa shape index (κ3) is 3.13. The number of hydrogen-bond acceptors (Lipinski definition) is 3. The predicted molar refractivity (Wildman–Crippen MR) is 89.2 cm³/mol. The summed E-state index contributed by atoms with van der Waals surface area (Å²) in [6.45, 7) is 5.40. The first kappa shape index (κ1) is 16.1. The molecule has 1 unspecified atom stereocenters. The van der Waals surface area contributed by atoms with Crippen molar-refractivity contribution >= 4 is 29.2 Å². The molecule has 1 aliphatic carbocycles. The van der Waals surface area contributed by atoms with Crippen molar-refractivity contribution < 1.29 is 14.3 Å². The quantitative estimate of drug-likeness (QED) is 0.714. The Morgan fingerprint density at radius 1 is 1.35 bits per heavy atom. The van der Waals surface area contributed by atoms with Gasteiger partial charge >= 0.3 is 6.09 Å². The van der Waals surface area contributed by atoms with Crippen molar-refractivity contribution in [2.45, 2.75) is 51.7 Å². The number of benzene rings is 1. The number of amides is 2. The highest BCUT2D eigenvalue weighted by Crippen LogP contribution is 2.38. The summed E-state index contributed by atoms with van der Waals surface area (Å²) in [5.74, 6) is -0.203. The van der Waals surface area contributed by atoms with E-state index in [0.29, 0.717) is 11.4 Å².